The van der Waals surface area contributed by atoms with Crippen molar-refractivity contribution in [2.45, 2.75) is 11.8 Å². The Bertz CT molecular complexity index is 288. The minimum Gasteiger partial charge on any atom is -0.494 e. The number of rotatable bonds is 2. The van der Waals surface area contributed by atoms with Gasteiger partial charge >= 0.3 is 0 Å². The molecule has 0 radical (unpaired) electrons. The summed E-state index contributed by atoms with van der Waals surface area (Å²) >= 11 is 1.83. The lowest BCUT2D eigenvalue weighted by atomic mass is 10.3. The highest BCUT2D eigenvalue weighted by atomic mass is 32.2. The quantitative estimate of drug-likeness (QED) is 0.757. The van der Waals surface area contributed by atoms with E-state index in [2.05, 4.69) is 17.4 Å². The number of nitrogens with one attached hydrogen (secondary N) is 1. The molecule has 3 heteroatoms. The maximum absolute atomic E-state index is 5.38. The Hall–Kier alpha value is -0.830. The molecule has 1 aromatic rings. The molecule has 1 heterocycles. The molecule has 1 aliphatic heterocycles. The van der Waals surface area contributed by atoms with Gasteiger partial charge in [0.1, 0.15) is 5.75 Å². The Kier molecular flexibility index (Phi) is 2.13. The zero-order valence-corrected chi connectivity index (χ0v) is 7.78. The van der Waals surface area contributed by atoms with E-state index in [0.717, 1.165) is 18.2 Å². The Morgan fingerprint density at radius 1 is 1.58 bits per heavy atom. The van der Waals surface area contributed by atoms with Crippen molar-refractivity contribution in [1.82, 2.24) is 0 Å². The van der Waals surface area contributed by atoms with Crippen LogP contribution in [0.1, 0.15) is 6.92 Å². The van der Waals surface area contributed by atoms with E-state index >= 15 is 0 Å². The van der Waals surface area contributed by atoms with E-state index in [1.807, 2.05) is 24.8 Å². The number of thioether (sulfide) groups is 1. The SMILES string of the molecule is CCOc1ccc2c(c1)NCS2. The van der Waals surface area contributed by atoms with Crippen molar-refractivity contribution in [1.29, 1.82) is 0 Å². The monoisotopic (exact) mass is 181 g/mol. The molecule has 64 valence electrons. The first-order chi connectivity index (χ1) is 5.90. The van der Waals surface area contributed by atoms with Gasteiger partial charge in [0.05, 0.1) is 18.2 Å². The highest BCUT2D eigenvalue weighted by Gasteiger charge is 2.10. The van der Waals surface area contributed by atoms with Gasteiger partial charge in [0.25, 0.3) is 0 Å². The molecule has 2 nitrogen and oxygen atoms in total. The summed E-state index contributed by atoms with van der Waals surface area (Å²) in [5.41, 5.74) is 1.20. The van der Waals surface area contributed by atoms with Gasteiger partial charge in [-0.15, -0.1) is 11.8 Å². The van der Waals surface area contributed by atoms with Gasteiger partial charge in [0, 0.05) is 11.0 Å². The maximum atomic E-state index is 5.38. The van der Waals surface area contributed by atoms with E-state index in [1.165, 1.54) is 10.6 Å². The normalized spacial score (nSPS) is 13.8. The largest absolute Gasteiger partial charge is 0.494 e. The highest BCUT2D eigenvalue weighted by molar-refractivity contribution is 7.99. The summed E-state index contributed by atoms with van der Waals surface area (Å²) in [6.07, 6.45) is 0. The smallest absolute Gasteiger partial charge is 0.121 e. The number of ether oxygens (including phenoxy) is 1. The van der Waals surface area contributed by atoms with Gasteiger partial charge in [-0.05, 0) is 19.1 Å². The molecule has 2 rings (SSSR count). The van der Waals surface area contributed by atoms with Gasteiger partial charge in [-0.2, -0.15) is 0 Å². The number of benzene rings is 1. The molecule has 1 aromatic carbocycles. The van der Waals surface area contributed by atoms with Crippen molar-refractivity contribution in [2.75, 3.05) is 17.8 Å². The van der Waals surface area contributed by atoms with Crippen molar-refractivity contribution in [2.24, 2.45) is 0 Å². The van der Waals surface area contributed by atoms with Gasteiger partial charge in [-0.3, -0.25) is 0 Å². The molecule has 12 heavy (non-hydrogen) atoms. The van der Waals surface area contributed by atoms with Gasteiger partial charge in [-0.25, -0.2) is 0 Å². The van der Waals surface area contributed by atoms with Gasteiger partial charge < -0.3 is 10.1 Å². The van der Waals surface area contributed by atoms with Crippen molar-refractivity contribution in [3.05, 3.63) is 18.2 Å². The molecule has 0 amide bonds. The third-order valence-corrected chi connectivity index (χ3v) is 2.71. The lowest BCUT2D eigenvalue weighted by Crippen LogP contribution is -1.93. The Morgan fingerprint density at radius 3 is 3.33 bits per heavy atom. The fourth-order valence-corrected chi connectivity index (χ4v) is 2.06. The minimum atomic E-state index is 0.728. The molecular weight excluding hydrogens is 170 g/mol. The zero-order valence-electron chi connectivity index (χ0n) is 6.96. The van der Waals surface area contributed by atoms with Crippen LogP contribution in [0.25, 0.3) is 0 Å². The van der Waals surface area contributed by atoms with Crippen LogP contribution in [0.3, 0.4) is 0 Å². The van der Waals surface area contributed by atoms with Gasteiger partial charge in [-0.1, -0.05) is 0 Å². The molecule has 0 fully saturated rings. The van der Waals surface area contributed by atoms with Crippen LogP contribution in [0.4, 0.5) is 5.69 Å². The Labute approximate surface area is 76.3 Å². The van der Waals surface area contributed by atoms with E-state index in [0.29, 0.717) is 0 Å². The third-order valence-electron chi connectivity index (χ3n) is 1.75. The first-order valence-electron chi connectivity index (χ1n) is 4.03. The third kappa shape index (κ3) is 1.37. The fraction of sp³-hybridized carbons (Fsp3) is 0.333. The standard InChI is InChI=1S/C9H11NOS/c1-2-11-7-3-4-9-8(5-7)10-6-12-9/h3-5,10H,2,6H2,1H3. The van der Waals surface area contributed by atoms with Crippen LogP contribution in [0, 0.1) is 0 Å². The first-order valence-corrected chi connectivity index (χ1v) is 5.02. The van der Waals surface area contributed by atoms with E-state index in [4.69, 9.17) is 4.74 Å². The molecule has 1 N–H and O–H groups in total. The highest BCUT2D eigenvalue weighted by Crippen LogP contribution is 2.35. The first kappa shape index (κ1) is 7.80. The number of fused-ring (bicyclic) bond motifs is 1. The second-order valence-electron chi connectivity index (χ2n) is 2.56. The molecule has 0 aromatic heterocycles. The summed E-state index contributed by atoms with van der Waals surface area (Å²) in [5.74, 6) is 1.93. The number of hydrogen-bond donors (Lipinski definition) is 1. The molecule has 0 saturated carbocycles. The number of anilines is 1. The van der Waals surface area contributed by atoms with E-state index < -0.39 is 0 Å². The van der Waals surface area contributed by atoms with Crippen molar-refractivity contribution in [3.8, 4) is 5.75 Å². The lowest BCUT2D eigenvalue weighted by molar-refractivity contribution is 0.340. The molecule has 0 saturated heterocycles. The van der Waals surface area contributed by atoms with E-state index in [1.54, 1.807) is 0 Å². The predicted octanol–water partition coefficient (Wildman–Crippen LogP) is 2.56. The predicted molar refractivity (Wildman–Crippen MR) is 52.0 cm³/mol. The molecule has 0 aliphatic carbocycles. The summed E-state index contributed by atoms with van der Waals surface area (Å²) in [6, 6.07) is 6.17. The zero-order chi connectivity index (χ0) is 8.39. The summed E-state index contributed by atoms with van der Waals surface area (Å²) in [5, 5.41) is 3.28. The van der Waals surface area contributed by atoms with Crippen LogP contribution in [0.2, 0.25) is 0 Å². The van der Waals surface area contributed by atoms with Crippen LogP contribution in [-0.4, -0.2) is 12.5 Å². The van der Waals surface area contributed by atoms with Gasteiger partial charge in [0.15, 0.2) is 0 Å². The van der Waals surface area contributed by atoms with Crippen molar-refractivity contribution in [3.63, 3.8) is 0 Å². The minimum absolute atomic E-state index is 0.728. The van der Waals surface area contributed by atoms with Gasteiger partial charge in [0.2, 0.25) is 0 Å². The van der Waals surface area contributed by atoms with Crippen LogP contribution >= 0.6 is 11.8 Å². The van der Waals surface area contributed by atoms with Crippen LogP contribution < -0.4 is 10.1 Å². The average molecular weight is 181 g/mol. The number of hydrogen-bond acceptors (Lipinski definition) is 3. The van der Waals surface area contributed by atoms with Crippen molar-refractivity contribution < 1.29 is 4.74 Å². The molecule has 0 unspecified atom stereocenters. The van der Waals surface area contributed by atoms with Crippen molar-refractivity contribution >= 4 is 17.4 Å². The Balaban J connectivity index is 2.26. The molecule has 0 atom stereocenters. The maximum Gasteiger partial charge on any atom is 0.121 e. The van der Waals surface area contributed by atoms with E-state index in [-0.39, 0.29) is 0 Å². The molecular formula is C9H11NOS. The topological polar surface area (TPSA) is 21.3 Å². The molecule has 0 spiro atoms. The second-order valence-corrected chi connectivity index (χ2v) is 3.57. The fourth-order valence-electron chi connectivity index (χ4n) is 1.22. The second kappa shape index (κ2) is 3.27. The molecule has 1 aliphatic rings. The van der Waals surface area contributed by atoms with E-state index in [9.17, 15) is 0 Å². The van der Waals surface area contributed by atoms with Crippen LogP contribution in [0.5, 0.6) is 5.75 Å². The summed E-state index contributed by atoms with van der Waals surface area (Å²) in [7, 11) is 0. The lowest BCUT2D eigenvalue weighted by Gasteiger charge is -2.04. The average Bonchev–Trinajstić information content (AvgIpc) is 2.51. The summed E-state index contributed by atoms with van der Waals surface area (Å²) in [4.78, 5) is 1.32. The van der Waals surface area contributed by atoms with Crippen LogP contribution in [0.15, 0.2) is 23.1 Å². The molecule has 0 bridgehead atoms. The Morgan fingerprint density at radius 2 is 2.50 bits per heavy atom. The summed E-state index contributed by atoms with van der Waals surface area (Å²) in [6.45, 7) is 2.72. The van der Waals surface area contributed by atoms with Crippen LogP contribution in [-0.2, 0) is 0 Å². The summed E-state index contributed by atoms with van der Waals surface area (Å²) < 4.78 is 5.38.